The van der Waals surface area contributed by atoms with Crippen LogP contribution in [0.25, 0.3) is 0 Å². The highest BCUT2D eigenvalue weighted by Gasteiger charge is 2.44. The van der Waals surface area contributed by atoms with E-state index in [-0.39, 0.29) is 0 Å². The fourth-order valence-electron chi connectivity index (χ4n) is 4.79. The Morgan fingerprint density at radius 3 is 2.75 bits per heavy atom. The minimum atomic E-state index is 0.791. The molecule has 0 radical (unpaired) electrons. The first-order valence-corrected chi connectivity index (χ1v) is 11.3. The molecule has 28 heavy (non-hydrogen) atoms. The number of rotatable bonds is 7. The lowest BCUT2D eigenvalue weighted by atomic mass is 9.90. The van der Waals surface area contributed by atoms with Gasteiger partial charge in [0.25, 0.3) is 0 Å². The fraction of sp³-hybridized carbons (Fsp3) is 0.640. The predicted octanol–water partition coefficient (Wildman–Crippen LogP) is 4.12. The van der Waals surface area contributed by atoms with Crippen LogP contribution in [0.1, 0.15) is 51.9 Å². The standard InChI is InChI=1S/C25H37N3/c1-21-17-23(19-26-13-4-2-3-5-22-8-14-27-18-22)6-7-24(21)20-28-15-11-25(9-10-25)12-16-28/h3-5,17,26-27H,6-16,18-20H2,1H3/b22-5+. The van der Waals surface area contributed by atoms with E-state index in [2.05, 4.69) is 52.5 Å². The minimum absolute atomic E-state index is 0.791. The van der Waals surface area contributed by atoms with Crippen molar-refractivity contribution in [2.75, 3.05) is 45.8 Å². The van der Waals surface area contributed by atoms with Gasteiger partial charge in [0.2, 0.25) is 0 Å². The molecule has 2 heterocycles. The molecule has 1 spiro atoms. The number of hydrogen-bond acceptors (Lipinski definition) is 3. The SMILES string of the molecule is CC1=C(CN2CCC3(CC2)CC3)CCC(CNCC=C=C/C=C2\CCNC2)=C1. The van der Waals surface area contributed by atoms with Crippen LogP contribution in [0.3, 0.4) is 0 Å². The van der Waals surface area contributed by atoms with Crippen LogP contribution < -0.4 is 10.6 Å². The molecule has 4 aliphatic rings. The van der Waals surface area contributed by atoms with Crippen LogP contribution in [0.2, 0.25) is 0 Å². The second kappa shape index (κ2) is 9.41. The van der Waals surface area contributed by atoms with Crippen LogP contribution in [-0.2, 0) is 0 Å². The molecule has 2 saturated heterocycles. The number of likely N-dealkylation sites (tertiary alicyclic amines) is 1. The van der Waals surface area contributed by atoms with E-state index >= 15 is 0 Å². The summed E-state index contributed by atoms with van der Waals surface area (Å²) in [6.07, 6.45) is 18.3. The minimum Gasteiger partial charge on any atom is -0.313 e. The van der Waals surface area contributed by atoms with Crippen molar-refractivity contribution >= 4 is 0 Å². The van der Waals surface area contributed by atoms with Gasteiger partial charge < -0.3 is 10.6 Å². The van der Waals surface area contributed by atoms with E-state index in [4.69, 9.17) is 0 Å². The quantitative estimate of drug-likeness (QED) is 0.515. The van der Waals surface area contributed by atoms with E-state index in [9.17, 15) is 0 Å². The Labute approximate surface area is 171 Å². The normalized spacial score (nSPS) is 25.8. The van der Waals surface area contributed by atoms with Crippen molar-refractivity contribution in [3.8, 4) is 0 Å². The van der Waals surface area contributed by atoms with Crippen molar-refractivity contribution in [1.29, 1.82) is 0 Å². The first-order valence-electron chi connectivity index (χ1n) is 11.3. The van der Waals surface area contributed by atoms with Gasteiger partial charge in [0.15, 0.2) is 0 Å². The van der Waals surface area contributed by atoms with Crippen molar-refractivity contribution in [3.05, 3.63) is 52.3 Å². The molecular weight excluding hydrogens is 342 g/mol. The van der Waals surface area contributed by atoms with Gasteiger partial charge in [0, 0.05) is 26.2 Å². The fourth-order valence-corrected chi connectivity index (χ4v) is 4.79. The number of nitrogens with zero attached hydrogens (tertiary/aromatic N) is 1. The van der Waals surface area contributed by atoms with Crippen molar-refractivity contribution in [3.63, 3.8) is 0 Å². The van der Waals surface area contributed by atoms with Crippen molar-refractivity contribution in [1.82, 2.24) is 15.5 Å². The summed E-state index contributed by atoms with van der Waals surface area (Å²) >= 11 is 0. The molecule has 0 amide bonds. The zero-order chi connectivity index (χ0) is 19.2. The molecule has 152 valence electrons. The smallest absolute Gasteiger partial charge is 0.0213 e. The molecule has 0 aromatic carbocycles. The van der Waals surface area contributed by atoms with E-state index in [0.29, 0.717) is 0 Å². The molecule has 2 N–H and O–H groups in total. The summed E-state index contributed by atoms with van der Waals surface area (Å²) < 4.78 is 0. The molecule has 3 fully saturated rings. The molecule has 1 saturated carbocycles. The number of piperidine rings is 1. The monoisotopic (exact) mass is 379 g/mol. The zero-order valence-electron chi connectivity index (χ0n) is 17.7. The van der Waals surface area contributed by atoms with Crippen LogP contribution in [0.15, 0.2) is 52.3 Å². The Kier molecular flexibility index (Phi) is 6.69. The van der Waals surface area contributed by atoms with E-state index in [1.54, 1.807) is 11.1 Å². The van der Waals surface area contributed by atoms with Crippen LogP contribution in [0.4, 0.5) is 0 Å². The van der Waals surface area contributed by atoms with E-state index in [1.807, 2.05) is 0 Å². The Balaban J connectivity index is 1.18. The van der Waals surface area contributed by atoms with Gasteiger partial charge in [-0.15, -0.1) is 5.73 Å². The number of hydrogen-bond donors (Lipinski definition) is 2. The third kappa shape index (κ3) is 5.58. The van der Waals surface area contributed by atoms with E-state index in [1.165, 1.54) is 75.7 Å². The summed E-state index contributed by atoms with van der Waals surface area (Å²) in [5, 5.41) is 6.90. The van der Waals surface area contributed by atoms with Gasteiger partial charge in [0.05, 0.1) is 0 Å². The second-order valence-electron chi connectivity index (χ2n) is 9.29. The van der Waals surface area contributed by atoms with Crippen LogP contribution in [0, 0.1) is 5.41 Å². The van der Waals surface area contributed by atoms with Crippen molar-refractivity contribution in [2.45, 2.75) is 51.9 Å². The summed E-state index contributed by atoms with van der Waals surface area (Å²) in [7, 11) is 0. The molecule has 0 unspecified atom stereocenters. The van der Waals surface area contributed by atoms with Gasteiger partial charge in [0.1, 0.15) is 0 Å². The number of allylic oxidation sites excluding steroid dienone is 3. The average molecular weight is 380 g/mol. The molecule has 0 aromatic heterocycles. The Bertz CT molecular complexity index is 696. The molecule has 2 aliphatic carbocycles. The van der Waals surface area contributed by atoms with Gasteiger partial charge in [-0.05, 0) is 89.1 Å². The van der Waals surface area contributed by atoms with Gasteiger partial charge in [-0.1, -0.05) is 34.4 Å². The third-order valence-corrected chi connectivity index (χ3v) is 7.12. The molecular formula is C25H37N3. The summed E-state index contributed by atoms with van der Waals surface area (Å²) in [5.41, 5.74) is 10.3. The van der Waals surface area contributed by atoms with Crippen LogP contribution in [0.5, 0.6) is 0 Å². The maximum absolute atomic E-state index is 3.54. The molecule has 3 heteroatoms. The van der Waals surface area contributed by atoms with Gasteiger partial charge in [-0.2, -0.15) is 0 Å². The van der Waals surface area contributed by atoms with Crippen molar-refractivity contribution in [2.24, 2.45) is 5.41 Å². The first kappa shape index (κ1) is 19.9. The predicted molar refractivity (Wildman–Crippen MR) is 118 cm³/mol. The Morgan fingerprint density at radius 1 is 1.18 bits per heavy atom. The number of nitrogens with one attached hydrogen (secondary N) is 2. The Morgan fingerprint density at radius 2 is 2.04 bits per heavy atom. The lowest BCUT2D eigenvalue weighted by Gasteiger charge is -2.33. The highest BCUT2D eigenvalue weighted by Crippen LogP contribution is 2.53. The van der Waals surface area contributed by atoms with Crippen LogP contribution >= 0.6 is 0 Å². The second-order valence-corrected chi connectivity index (χ2v) is 9.29. The largest absolute Gasteiger partial charge is 0.313 e. The van der Waals surface area contributed by atoms with Crippen molar-refractivity contribution < 1.29 is 0 Å². The van der Waals surface area contributed by atoms with Crippen LogP contribution in [-0.4, -0.2) is 50.7 Å². The van der Waals surface area contributed by atoms with Gasteiger partial charge in [-0.25, -0.2) is 0 Å². The van der Waals surface area contributed by atoms with E-state index < -0.39 is 0 Å². The average Bonchev–Trinajstić information content (AvgIpc) is 3.24. The molecule has 2 aliphatic heterocycles. The lowest BCUT2D eigenvalue weighted by molar-refractivity contribution is 0.183. The molecule has 0 atom stereocenters. The third-order valence-electron chi connectivity index (χ3n) is 7.12. The lowest BCUT2D eigenvalue weighted by Crippen LogP contribution is -2.36. The van der Waals surface area contributed by atoms with Gasteiger partial charge >= 0.3 is 0 Å². The molecule has 4 rings (SSSR count). The topological polar surface area (TPSA) is 27.3 Å². The molecule has 0 aromatic rings. The summed E-state index contributed by atoms with van der Waals surface area (Å²) in [5.74, 6) is 0. The highest BCUT2D eigenvalue weighted by molar-refractivity contribution is 5.33. The summed E-state index contributed by atoms with van der Waals surface area (Å²) in [4.78, 5) is 2.70. The first-order chi connectivity index (χ1) is 13.7. The zero-order valence-corrected chi connectivity index (χ0v) is 17.7. The van der Waals surface area contributed by atoms with E-state index in [0.717, 1.165) is 31.6 Å². The summed E-state index contributed by atoms with van der Waals surface area (Å²) in [6.45, 7) is 10.2. The molecule has 0 bridgehead atoms. The Hall–Kier alpha value is -1.38. The highest BCUT2D eigenvalue weighted by atomic mass is 15.1. The van der Waals surface area contributed by atoms with Gasteiger partial charge in [-0.3, -0.25) is 4.90 Å². The molecule has 3 nitrogen and oxygen atoms in total. The summed E-state index contributed by atoms with van der Waals surface area (Å²) in [6, 6.07) is 0. The maximum atomic E-state index is 3.54. The maximum Gasteiger partial charge on any atom is 0.0213 e.